The Kier molecular flexibility index (Phi) is 6.08. The van der Waals surface area contributed by atoms with Gasteiger partial charge in [0.1, 0.15) is 0 Å². The molecule has 6 nitrogen and oxygen atoms in total. The third-order valence-corrected chi connectivity index (χ3v) is 3.54. The molecule has 0 radical (unpaired) electrons. The zero-order valence-corrected chi connectivity index (χ0v) is 11.9. The predicted molar refractivity (Wildman–Crippen MR) is 71.1 cm³/mol. The first-order valence-corrected chi connectivity index (χ1v) is 6.82. The van der Waals surface area contributed by atoms with Crippen LogP contribution in [0.25, 0.3) is 0 Å². The molecule has 0 aromatic rings. The second-order valence-electron chi connectivity index (χ2n) is 5.08. The first-order chi connectivity index (χ1) is 8.95. The summed E-state index contributed by atoms with van der Waals surface area (Å²) in [5.74, 6) is -0.890. The van der Waals surface area contributed by atoms with Crippen LogP contribution in [0, 0.1) is 0 Å². The molecule has 6 heteroatoms. The highest BCUT2D eigenvalue weighted by Gasteiger charge is 2.31. The molecular weight excluding hydrogens is 248 g/mol. The molecule has 110 valence electrons. The summed E-state index contributed by atoms with van der Waals surface area (Å²) in [4.78, 5) is 24.5. The van der Waals surface area contributed by atoms with Gasteiger partial charge in [0.15, 0.2) is 0 Å². The SMILES string of the molecule is CCCC(CC(=O)O)NC(=O)N(C)C1CCOC1C. The normalized spacial score (nSPS) is 23.9. The van der Waals surface area contributed by atoms with E-state index in [1.165, 1.54) is 0 Å². The number of rotatable bonds is 6. The Balaban J connectivity index is 2.52. The standard InChI is InChI=1S/C13H24N2O4/c1-4-5-10(8-12(16)17)14-13(18)15(3)11-6-7-19-9(11)2/h9-11H,4-8H2,1-3H3,(H,14,18)(H,16,17). The fourth-order valence-corrected chi connectivity index (χ4v) is 2.44. The summed E-state index contributed by atoms with van der Waals surface area (Å²) < 4.78 is 5.44. The molecule has 3 unspecified atom stereocenters. The van der Waals surface area contributed by atoms with E-state index < -0.39 is 5.97 Å². The Hall–Kier alpha value is -1.30. The number of nitrogens with zero attached hydrogens (tertiary/aromatic N) is 1. The van der Waals surface area contributed by atoms with Gasteiger partial charge in [-0.3, -0.25) is 4.79 Å². The minimum absolute atomic E-state index is 0.0276. The van der Waals surface area contributed by atoms with Gasteiger partial charge >= 0.3 is 12.0 Å². The molecule has 2 N–H and O–H groups in total. The lowest BCUT2D eigenvalue weighted by Gasteiger charge is -2.29. The summed E-state index contributed by atoms with van der Waals surface area (Å²) in [7, 11) is 1.73. The molecule has 0 spiro atoms. The van der Waals surface area contributed by atoms with Crippen molar-refractivity contribution in [3.05, 3.63) is 0 Å². The first kappa shape index (κ1) is 15.8. The van der Waals surface area contributed by atoms with Crippen molar-refractivity contribution in [2.24, 2.45) is 0 Å². The van der Waals surface area contributed by atoms with Crippen LogP contribution in [0.1, 0.15) is 39.5 Å². The van der Waals surface area contributed by atoms with E-state index >= 15 is 0 Å². The molecule has 0 saturated carbocycles. The molecule has 2 amide bonds. The molecule has 3 atom stereocenters. The molecule has 1 aliphatic rings. The van der Waals surface area contributed by atoms with E-state index in [2.05, 4.69) is 5.32 Å². The molecule has 1 aliphatic heterocycles. The zero-order valence-electron chi connectivity index (χ0n) is 11.9. The number of ether oxygens (including phenoxy) is 1. The smallest absolute Gasteiger partial charge is 0.317 e. The van der Waals surface area contributed by atoms with Crippen molar-refractivity contribution in [1.29, 1.82) is 0 Å². The quantitative estimate of drug-likeness (QED) is 0.767. The molecule has 19 heavy (non-hydrogen) atoms. The number of likely N-dealkylation sites (N-methyl/N-ethyl adjacent to an activating group) is 1. The summed E-state index contributed by atoms with van der Waals surface area (Å²) in [5.41, 5.74) is 0. The van der Waals surface area contributed by atoms with Crippen LogP contribution >= 0.6 is 0 Å². The summed E-state index contributed by atoms with van der Waals surface area (Å²) in [6, 6.07) is -0.468. The maximum atomic E-state index is 12.1. The Morgan fingerprint density at radius 1 is 1.53 bits per heavy atom. The highest BCUT2D eigenvalue weighted by atomic mass is 16.5. The van der Waals surface area contributed by atoms with Gasteiger partial charge in [-0.05, 0) is 19.8 Å². The monoisotopic (exact) mass is 272 g/mol. The molecule has 1 fully saturated rings. The minimum atomic E-state index is -0.890. The lowest BCUT2D eigenvalue weighted by Crippen LogP contribution is -2.49. The third kappa shape index (κ3) is 4.70. The van der Waals surface area contributed by atoms with Gasteiger partial charge in [0.25, 0.3) is 0 Å². The number of hydrogen-bond acceptors (Lipinski definition) is 3. The van der Waals surface area contributed by atoms with Crippen molar-refractivity contribution in [3.8, 4) is 0 Å². The van der Waals surface area contributed by atoms with Gasteiger partial charge in [0, 0.05) is 19.7 Å². The van der Waals surface area contributed by atoms with Crippen LogP contribution in [0.2, 0.25) is 0 Å². The molecule has 1 heterocycles. The van der Waals surface area contributed by atoms with E-state index in [1.54, 1.807) is 11.9 Å². The largest absolute Gasteiger partial charge is 0.481 e. The molecule has 0 bridgehead atoms. The molecule has 1 rings (SSSR count). The van der Waals surface area contributed by atoms with E-state index in [9.17, 15) is 9.59 Å². The van der Waals surface area contributed by atoms with Crippen molar-refractivity contribution in [2.75, 3.05) is 13.7 Å². The number of carbonyl (C=O) groups is 2. The summed E-state index contributed by atoms with van der Waals surface area (Å²) >= 11 is 0. The zero-order chi connectivity index (χ0) is 14.4. The van der Waals surface area contributed by atoms with Crippen molar-refractivity contribution in [1.82, 2.24) is 10.2 Å². The summed E-state index contributed by atoms with van der Waals surface area (Å²) in [5, 5.41) is 11.6. The second kappa shape index (κ2) is 7.33. The van der Waals surface area contributed by atoms with Gasteiger partial charge in [-0.15, -0.1) is 0 Å². The topological polar surface area (TPSA) is 78.9 Å². The van der Waals surface area contributed by atoms with Gasteiger partial charge < -0.3 is 20.1 Å². The lowest BCUT2D eigenvalue weighted by molar-refractivity contribution is -0.137. The average molecular weight is 272 g/mol. The number of urea groups is 1. The number of carboxylic acids is 1. The third-order valence-electron chi connectivity index (χ3n) is 3.54. The number of hydrogen-bond donors (Lipinski definition) is 2. The second-order valence-corrected chi connectivity index (χ2v) is 5.08. The number of carboxylic acid groups (broad SMARTS) is 1. The van der Waals surface area contributed by atoms with E-state index in [1.807, 2.05) is 13.8 Å². The maximum Gasteiger partial charge on any atom is 0.317 e. The van der Waals surface area contributed by atoms with Gasteiger partial charge in [0.2, 0.25) is 0 Å². The molecule has 0 aromatic heterocycles. The van der Waals surface area contributed by atoms with Crippen molar-refractivity contribution < 1.29 is 19.4 Å². The van der Waals surface area contributed by atoms with Crippen LogP contribution in [0.3, 0.4) is 0 Å². The van der Waals surface area contributed by atoms with Gasteiger partial charge in [-0.25, -0.2) is 4.79 Å². The van der Waals surface area contributed by atoms with Gasteiger partial charge in [-0.1, -0.05) is 13.3 Å². The van der Waals surface area contributed by atoms with E-state index in [4.69, 9.17) is 9.84 Å². The highest BCUT2D eigenvalue weighted by Crippen LogP contribution is 2.18. The molecule has 0 aliphatic carbocycles. The van der Waals surface area contributed by atoms with Crippen LogP contribution in [-0.4, -0.2) is 53.8 Å². The van der Waals surface area contributed by atoms with Crippen molar-refractivity contribution in [2.45, 2.75) is 57.7 Å². The Labute approximate surface area is 114 Å². The average Bonchev–Trinajstić information content (AvgIpc) is 2.73. The molecule has 0 aromatic carbocycles. The van der Waals surface area contributed by atoms with Crippen LogP contribution in [0.5, 0.6) is 0 Å². The Morgan fingerprint density at radius 2 is 2.21 bits per heavy atom. The first-order valence-electron chi connectivity index (χ1n) is 6.82. The maximum absolute atomic E-state index is 12.1. The van der Waals surface area contributed by atoms with E-state index in [0.717, 1.165) is 12.8 Å². The van der Waals surface area contributed by atoms with Crippen molar-refractivity contribution in [3.63, 3.8) is 0 Å². The van der Waals surface area contributed by atoms with E-state index in [-0.39, 0.29) is 30.6 Å². The fourth-order valence-electron chi connectivity index (χ4n) is 2.44. The van der Waals surface area contributed by atoms with Crippen LogP contribution in [0.4, 0.5) is 4.79 Å². The van der Waals surface area contributed by atoms with Crippen LogP contribution in [0.15, 0.2) is 0 Å². The summed E-state index contributed by atoms with van der Waals surface area (Å²) in [6.45, 7) is 4.58. The highest BCUT2D eigenvalue weighted by molar-refractivity contribution is 5.76. The molecular formula is C13H24N2O4. The Morgan fingerprint density at radius 3 is 2.68 bits per heavy atom. The number of aliphatic carboxylic acids is 1. The van der Waals surface area contributed by atoms with Gasteiger partial charge in [-0.2, -0.15) is 0 Å². The number of amides is 2. The predicted octanol–water partition coefficient (Wildman–Crippen LogP) is 1.45. The van der Waals surface area contributed by atoms with Crippen molar-refractivity contribution >= 4 is 12.0 Å². The van der Waals surface area contributed by atoms with Gasteiger partial charge in [0.05, 0.1) is 18.6 Å². The summed E-state index contributed by atoms with van der Waals surface area (Å²) in [6.07, 6.45) is 2.32. The molecule has 1 saturated heterocycles. The fraction of sp³-hybridized carbons (Fsp3) is 0.846. The lowest BCUT2D eigenvalue weighted by atomic mass is 10.1. The number of carbonyl (C=O) groups excluding carboxylic acids is 1. The minimum Gasteiger partial charge on any atom is -0.481 e. The Bertz CT molecular complexity index is 322. The van der Waals surface area contributed by atoms with E-state index in [0.29, 0.717) is 13.0 Å². The number of nitrogens with one attached hydrogen (secondary N) is 1. The van der Waals surface area contributed by atoms with Crippen LogP contribution < -0.4 is 5.32 Å². The van der Waals surface area contributed by atoms with Crippen LogP contribution in [-0.2, 0) is 9.53 Å².